The summed E-state index contributed by atoms with van der Waals surface area (Å²) >= 11 is 7.29. The average Bonchev–Trinajstić information content (AvgIpc) is 4.56. The smallest absolute Gasteiger partial charge is 0.346 e. The molecule has 0 atom stereocenters. The molecule has 0 spiro atoms. The molecule has 0 bridgehead atoms. The maximum atomic E-state index is 14.7. The highest BCUT2D eigenvalue weighted by molar-refractivity contribution is 7.26. The summed E-state index contributed by atoms with van der Waals surface area (Å²) in [5.41, 5.74) is 14.4. The summed E-state index contributed by atoms with van der Waals surface area (Å²) in [7, 11) is 0. The Kier molecular flexibility index (Phi) is 18.1. The Hall–Kier alpha value is -7.71. The third-order valence-electron chi connectivity index (χ3n) is 15.6. The van der Waals surface area contributed by atoms with Gasteiger partial charge in [-0.15, -0.1) is 45.3 Å². The minimum Gasteiger partial charge on any atom is -0.477 e. The Balaban J connectivity index is 0.850. The molecule has 82 heavy (non-hydrogen) atoms. The molecule has 0 aliphatic heterocycles. The van der Waals surface area contributed by atoms with Gasteiger partial charge in [0.25, 0.3) is 0 Å². The van der Waals surface area contributed by atoms with Crippen molar-refractivity contribution in [2.24, 2.45) is 0 Å². The fraction of sp³-hybridized carbons (Fsp3) is 0.219. The van der Waals surface area contributed by atoms with Crippen LogP contribution in [0.15, 0.2) is 188 Å². The van der Waals surface area contributed by atoms with Crippen molar-refractivity contribution in [1.82, 2.24) is 0 Å². The molecule has 1 aliphatic carbocycles. The summed E-state index contributed by atoms with van der Waals surface area (Å²) in [5, 5.41) is 18.6. The zero-order valence-electron chi connectivity index (χ0n) is 46.6. The minimum atomic E-state index is -1.23. The number of anilines is 3. The summed E-state index contributed by atoms with van der Waals surface area (Å²) in [5.74, 6) is -1.15. The highest BCUT2D eigenvalue weighted by Gasteiger charge is 2.29. The minimum absolute atomic E-state index is 0.0858. The number of ketones is 1. The lowest BCUT2D eigenvalue weighted by Gasteiger charge is -2.25. The highest BCUT2D eigenvalue weighted by atomic mass is 32.1. The Morgan fingerprint density at radius 3 is 1.32 bits per heavy atom. The van der Waals surface area contributed by atoms with Gasteiger partial charge in [-0.05, 0) is 167 Å². The number of hydrogen-bond acceptors (Lipinski definition) is 8. The molecule has 0 saturated carbocycles. The third kappa shape index (κ3) is 12.7. The zero-order valence-corrected chi connectivity index (χ0v) is 49.9. The molecule has 4 heterocycles. The van der Waals surface area contributed by atoms with Gasteiger partial charge < -0.3 is 10.0 Å². The molecule has 9 heteroatoms. The largest absolute Gasteiger partial charge is 0.477 e. The molecule has 0 saturated heterocycles. The number of carbonyl (C=O) groups excluding carboxylic acids is 1. The number of thiophene rings is 4. The zero-order chi connectivity index (χ0) is 56.4. The van der Waals surface area contributed by atoms with Crippen LogP contribution in [-0.2, 0) is 17.6 Å². The van der Waals surface area contributed by atoms with E-state index in [9.17, 15) is 20.0 Å². The Morgan fingerprint density at radius 2 is 0.866 bits per heavy atom. The number of carbonyl (C=O) groups is 2. The lowest BCUT2D eigenvalue weighted by molar-refractivity contribution is -0.132. The molecular formula is C73H66N2O3S4. The van der Waals surface area contributed by atoms with Gasteiger partial charge in [0.05, 0.1) is 0 Å². The van der Waals surface area contributed by atoms with Crippen molar-refractivity contribution in [2.45, 2.75) is 104 Å². The topological polar surface area (TPSA) is 81.4 Å². The molecular weight excluding hydrogens is 1080 g/mol. The third-order valence-corrected chi connectivity index (χ3v) is 20.6. The van der Waals surface area contributed by atoms with Crippen LogP contribution in [-0.4, -0.2) is 16.9 Å². The molecule has 410 valence electrons. The maximum Gasteiger partial charge on any atom is 0.346 e. The van der Waals surface area contributed by atoms with Crippen LogP contribution in [0.3, 0.4) is 0 Å². The van der Waals surface area contributed by atoms with Gasteiger partial charge in [-0.1, -0.05) is 175 Å². The molecule has 0 unspecified atom stereocenters. The summed E-state index contributed by atoms with van der Waals surface area (Å²) in [4.78, 5) is 38.3. The number of aryl methyl sites for hydroxylation is 2. The normalized spacial score (nSPS) is 11.9. The molecule has 1 N–H and O–H groups in total. The standard InChI is InChI=1S/C73H66N2O3S4/c1-3-5-7-9-11-15-21-54-46-68(81-71(54)66-41-39-64(79-66)50-29-27-49(28-30-50)43-56(48-74)73(77)78)52-33-37-60-61-38-34-53(45-63(61)70(76)62(60)44-52)69-47-55(22-16-12-10-8-6-4-2)72(82-69)67-42-40-65(80-67)51-31-35-59(36-32-51)75(57-23-17-13-18-24-57)58-25-19-14-20-26-58/h13-14,17-20,23-47H,3-12,15-16,21-22H2,1-2H3,(H,77,78). The lowest BCUT2D eigenvalue weighted by atomic mass is 10.0. The number of fused-ring (bicyclic) bond motifs is 3. The van der Waals surface area contributed by atoms with Gasteiger partial charge in [0.15, 0.2) is 5.78 Å². The maximum absolute atomic E-state index is 14.7. The summed E-state index contributed by atoms with van der Waals surface area (Å²) in [6, 6.07) is 66.3. The molecule has 1 aliphatic rings. The van der Waals surface area contributed by atoms with Gasteiger partial charge in [-0.2, -0.15) is 5.26 Å². The van der Waals surface area contributed by atoms with Crippen molar-refractivity contribution >= 4 is 80.2 Å². The Labute approximate surface area is 499 Å². The summed E-state index contributed by atoms with van der Waals surface area (Å²) in [6.45, 7) is 4.53. The molecule has 0 amide bonds. The van der Waals surface area contributed by atoms with E-state index >= 15 is 0 Å². The van der Waals surface area contributed by atoms with Gasteiger partial charge in [-0.25, -0.2) is 4.79 Å². The van der Waals surface area contributed by atoms with E-state index in [0.717, 1.165) is 91.4 Å². The number of benzene rings is 6. The second-order valence-electron chi connectivity index (χ2n) is 21.3. The number of aliphatic carboxylic acids is 1. The number of nitrogens with zero attached hydrogens (tertiary/aromatic N) is 2. The van der Waals surface area contributed by atoms with E-state index in [-0.39, 0.29) is 11.4 Å². The van der Waals surface area contributed by atoms with Crippen LogP contribution in [0.25, 0.3) is 78.5 Å². The number of carboxylic acids is 1. The monoisotopic (exact) mass is 1150 g/mol. The summed E-state index contributed by atoms with van der Waals surface area (Å²) in [6.07, 6.45) is 18.3. The fourth-order valence-electron chi connectivity index (χ4n) is 11.2. The second kappa shape index (κ2) is 26.5. The number of carboxylic acid groups (broad SMARTS) is 1. The van der Waals surface area contributed by atoms with Crippen molar-refractivity contribution < 1.29 is 14.7 Å². The Morgan fingerprint density at radius 1 is 0.451 bits per heavy atom. The first kappa shape index (κ1) is 56.2. The Bertz CT molecular complexity index is 3870. The van der Waals surface area contributed by atoms with E-state index in [2.05, 4.69) is 176 Å². The predicted octanol–water partition coefficient (Wildman–Crippen LogP) is 22.4. The van der Waals surface area contributed by atoms with Crippen molar-refractivity contribution in [1.29, 1.82) is 5.26 Å². The predicted molar refractivity (Wildman–Crippen MR) is 350 cm³/mol. The number of unbranched alkanes of at least 4 members (excludes halogenated alkanes) is 10. The first-order valence-corrected chi connectivity index (χ1v) is 32.3. The molecule has 0 fully saturated rings. The average molecular weight is 1150 g/mol. The van der Waals surface area contributed by atoms with Gasteiger partial charge in [0, 0.05) is 67.2 Å². The lowest BCUT2D eigenvalue weighted by Crippen LogP contribution is -2.09. The van der Waals surface area contributed by atoms with Crippen LogP contribution in [0.2, 0.25) is 0 Å². The van der Waals surface area contributed by atoms with Crippen LogP contribution in [0.5, 0.6) is 0 Å². The van der Waals surface area contributed by atoms with E-state index in [4.69, 9.17) is 0 Å². The number of para-hydroxylation sites is 2. The van der Waals surface area contributed by atoms with E-state index in [0.29, 0.717) is 5.56 Å². The van der Waals surface area contributed by atoms with Crippen molar-refractivity contribution in [3.05, 3.63) is 215 Å². The van der Waals surface area contributed by atoms with E-state index in [1.165, 1.54) is 116 Å². The first-order chi connectivity index (χ1) is 40.3. The number of nitriles is 1. The van der Waals surface area contributed by atoms with Crippen molar-refractivity contribution in [3.8, 4) is 78.5 Å². The van der Waals surface area contributed by atoms with E-state index in [1.54, 1.807) is 17.4 Å². The SMILES string of the molecule is CCCCCCCCc1cc(-c2ccc3c(c2)C(=O)c2cc(-c4cc(CCCCCCCC)c(-c5ccc(-c6ccc(N(c7ccccc7)c7ccccc7)cc6)s5)s4)ccc2-3)sc1-c1ccc(-c2ccc(C=C(C#N)C(=O)O)cc2)s1. The molecule has 4 aromatic heterocycles. The van der Waals surface area contributed by atoms with Gasteiger partial charge in [0.1, 0.15) is 11.6 Å². The fourth-order valence-corrected chi connectivity index (χ4v) is 15.9. The van der Waals surface area contributed by atoms with Crippen LogP contribution < -0.4 is 4.90 Å². The highest BCUT2D eigenvalue weighted by Crippen LogP contribution is 2.49. The van der Waals surface area contributed by atoms with Crippen molar-refractivity contribution in [2.75, 3.05) is 4.90 Å². The van der Waals surface area contributed by atoms with Gasteiger partial charge in [-0.3, -0.25) is 4.79 Å². The number of hydrogen-bond donors (Lipinski definition) is 1. The number of rotatable bonds is 25. The first-order valence-electron chi connectivity index (χ1n) is 29.0. The second-order valence-corrected chi connectivity index (χ2v) is 25.6. The van der Waals surface area contributed by atoms with E-state index in [1.807, 2.05) is 58.3 Å². The van der Waals surface area contributed by atoms with Crippen LogP contribution in [0.1, 0.15) is 124 Å². The van der Waals surface area contributed by atoms with Gasteiger partial charge in [0.2, 0.25) is 0 Å². The van der Waals surface area contributed by atoms with Crippen molar-refractivity contribution in [3.63, 3.8) is 0 Å². The molecule has 6 aromatic carbocycles. The molecule has 10 aromatic rings. The van der Waals surface area contributed by atoms with Crippen LogP contribution >= 0.6 is 45.3 Å². The summed E-state index contributed by atoms with van der Waals surface area (Å²) < 4.78 is 0. The quantitative estimate of drug-likeness (QED) is 0.0350. The van der Waals surface area contributed by atoms with E-state index < -0.39 is 5.97 Å². The van der Waals surface area contributed by atoms with Crippen LogP contribution in [0, 0.1) is 11.3 Å². The molecule has 0 radical (unpaired) electrons. The molecule has 11 rings (SSSR count). The van der Waals surface area contributed by atoms with Crippen LogP contribution in [0.4, 0.5) is 17.1 Å². The van der Waals surface area contributed by atoms with Gasteiger partial charge >= 0.3 is 5.97 Å². The molecule has 5 nitrogen and oxygen atoms in total.